The molecule has 2 aliphatic heterocycles. The predicted octanol–water partition coefficient (Wildman–Crippen LogP) is 7.01. The molecule has 4 rings (SSSR count). The molecule has 5 atom stereocenters. The second kappa shape index (κ2) is 12.3. The molecular formula is C34H49NO8. The Morgan fingerprint density at radius 3 is 2.35 bits per heavy atom. The molecule has 2 fully saturated rings. The van der Waals surface area contributed by atoms with Crippen LogP contribution in [0.4, 0.5) is 10.5 Å². The first-order chi connectivity index (χ1) is 19.9. The van der Waals surface area contributed by atoms with E-state index in [0.717, 1.165) is 12.8 Å². The highest BCUT2D eigenvalue weighted by Gasteiger charge is 2.43. The molecule has 1 saturated carbocycles. The van der Waals surface area contributed by atoms with Crippen LogP contribution in [0.1, 0.15) is 104 Å². The zero-order valence-corrected chi connectivity index (χ0v) is 27.3. The average Bonchev–Trinajstić information content (AvgIpc) is 3.62. The Kier molecular flexibility index (Phi) is 9.41. The molecule has 2 heterocycles. The Bertz CT molecular complexity index is 1250. The lowest BCUT2D eigenvalue weighted by Gasteiger charge is -2.34. The van der Waals surface area contributed by atoms with Crippen molar-refractivity contribution in [3.8, 4) is 5.75 Å². The standard InChI is InChI=1S/C34H49NO8/c1-20(22(3)36)14-15-21(2)29-26(39-33(7,8)41-29)13-11-12-23-18-25(19-27-28(23)30(37)42-34(9,10)40-27)35(24-16-17-24)31(38)43-32(4,5)6/h11-12,14-15,18-22,24,26,29,36H,13,16-17H2,1-10H3/b12-11+,15-14-/t20-,21?,22+,26+,29-/m1/s1. The van der Waals surface area contributed by atoms with Crippen molar-refractivity contribution in [3.05, 3.63) is 41.5 Å². The first kappa shape index (κ1) is 33.0. The summed E-state index contributed by atoms with van der Waals surface area (Å²) in [7, 11) is 0. The van der Waals surface area contributed by atoms with E-state index in [9.17, 15) is 14.7 Å². The van der Waals surface area contributed by atoms with E-state index in [4.69, 9.17) is 23.7 Å². The lowest BCUT2D eigenvalue weighted by atomic mass is 9.94. The van der Waals surface area contributed by atoms with Crippen molar-refractivity contribution in [1.82, 2.24) is 0 Å². The molecule has 1 unspecified atom stereocenters. The maximum atomic E-state index is 13.3. The summed E-state index contributed by atoms with van der Waals surface area (Å²) in [4.78, 5) is 28.1. The van der Waals surface area contributed by atoms with Crippen LogP contribution in [0.5, 0.6) is 5.75 Å². The van der Waals surface area contributed by atoms with Crippen LogP contribution >= 0.6 is 0 Å². The number of esters is 1. The molecule has 1 N–H and O–H groups in total. The van der Waals surface area contributed by atoms with E-state index in [1.807, 2.05) is 65.8 Å². The second-order valence-corrected chi connectivity index (χ2v) is 14.0. The van der Waals surface area contributed by atoms with Gasteiger partial charge in [0.15, 0.2) is 5.79 Å². The number of nitrogens with zero attached hydrogens (tertiary/aromatic N) is 1. The summed E-state index contributed by atoms with van der Waals surface area (Å²) in [5.74, 6) is -1.96. The minimum absolute atomic E-state index is 0.0198. The number of carbonyl (C=O) groups is 2. The van der Waals surface area contributed by atoms with Crippen LogP contribution in [-0.4, -0.2) is 58.7 Å². The monoisotopic (exact) mass is 599 g/mol. The maximum Gasteiger partial charge on any atom is 0.415 e. The highest BCUT2D eigenvalue weighted by atomic mass is 16.8. The highest BCUT2D eigenvalue weighted by Crippen LogP contribution is 2.41. The Labute approximate surface area is 256 Å². The zero-order chi connectivity index (χ0) is 31.9. The van der Waals surface area contributed by atoms with Crippen LogP contribution in [0, 0.1) is 11.8 Å². The van der Waals surface area contributed by atoms with Gasteiger partial charge in [0.1, 0.15) is 16.9 Å². The van der Waals surface area contributed by atoms with Crippen molar-refractivity contribution in [2.24, 2.45) is 11.8 Å². The minimum Gasteiger partial charge on any atom is -0.452 e. The molecule has 9 heteroatoms. The molecule has 0 aromatic heterocycles. The Morgan fingerprint density at radius 1 is 1.07 bits per heavy atom. The van der Waals surface area contributed by atoms with Gasteiger partial charge < -0.3 is 28.8 Å². The number of hydrogen-bond donors (Lipinski definition) is 1. The molecule has 0 radical (unpaired) electrons. The van der Waals surface area contributed by atoms with Gasteiger partial charge >= 0.3 is 12.1 Å². The van der Waals surface area contributed by atoms with Crippen LogP contribution in [0.25, 0.3) is 6.08 Å². The Hall–Kier alpha value is -2.88. The molecule has 238 valence electrons. The van der Waals surface area contributed by atoms with Gasteiger partial charge in [-0.1, -0.05) is 38.2 Å². The number of amides is 1. The van der Waals surface area contributed by atoms with E-state index in [0.29, 0.717) is 29.0 Å². The molecule has 1 aromatic rings. The third kappa shape index (κ3) is 8.40. The van der Waals surface area contributed by atoms with Gasteiger partial charge in [-0.05, 0) is 78.4 Å². The van der Waals surface area contributed by atoms with Crippen molar-refractivity contribution in [2.45, 2.75) is 130 Å². The molecular weight excluding hydrogens is 550 g/mol. The summed E-state index contributed by atoms with van der Waals surface area (Å²) >= 11 is 0. The van der Waals surface area contributed by atoms with E-state index in [-0.39, 0.29) is 30.1 Å². The van der Waals surface area contributed by atoms with Gasteiger partial charge in [0, 0.05) is 31.9 Å². The first-order valence-electron chi connectivity index (χ1n) is 15.4. The van der Waals surface area contributed by atoms with Crippen LogP contribution in [0.2, 0.25) is 0 Å². The third-order valence-corrected chi connectivity index (χ3v) is 7.68. The molecule has 9 nitrogen and oxygen atoms in total. The van der Waals surface area contributed by atoms with Crippen molar-refractivity contribution in [3.63, 3.8) is 0 Å². The number of aliphatic hydroxyl groups is 1. The summed E-state index contributed by atoms with van der Waals surface area (Å²) in [6.45, 7) is 18.5. The van der Waals surface area contributed by atoms with Gasteiger partial charge in [0.25, 0.3) is 0 Å². The molecule has 1 aromatic carbocycles. The number of aliphatic hydroxyl groups excluding tert-OH is 1. The van der Waals surface area contributed by atoms with Crippen molar-refractivity contribution >= 4 is 23.8 Å². The van der Waals surface area contributed by atoms with Crippen LogP contribution < -0.4 is 9.64 Å². The number of anilines is 1. The van der Waals surface area contributed by atoms with Crippen molar-refractivity contribution in [1.29, 1.82) is 0 Å². The van der Waals surface area contributed by atoms with Crippen LogP contribution in [-0.2, 0) is 18.9 Å². The zero-order valence-electron chi connectivity index (χ0n) is 27.3. The fraction of sp³-hybridized carbons (Fsp3) is 0.647. The molecule has 43 heavy (non-hydrogen) atoms. The smallest absolute Gasteiger partial charge is 0.415 e. The number of fused-ring (bicyclic) bond motifs is 1. The van der Waals surface area contributed by atoms with E-state index >= 15 is 0 Å². The fourth-order valence-corrected chi connectivity index (χ4v) is 5.30. The largest absolute Gasteiger partial charge is 0.452 e. The van der Waals surface area contributed by atoms with Gasteiger partial charge in [-0.15, -0.1) is 0 Å². The molecule has 1 aliphatic carbocycles. The number of carbonyl (C=O) groups excluding carboxylic acids is 2. The van der Waals surface area contributed by atoms with Crippen molar-refractivity contribution < 1.29 is 38.4 Å². The second-order valence-electron chi connectivity index (χ2n) is 14.0. The number of benzene rings is 1. The minimum atomic E-state index is -1.15. The Balaban J connectivity index is 1.64. The number of rotatable bonds is 9. The Morgan fingerprint density at radius 2 is 1.74 bits per heavy atom. The van der Waals surface area contributed by atoms with E-state index in [2.05, 4.69) is 13.0 Å². The van der Waals surface area contributed by atoms with Gasteiger partial charge in [-0.25, -0.2) is 9.59 Å². The van der Waals surface area contributed by atoms with Gasteiger partial charge in [-0.2, -0.15) is 0 Å². The first-order valence-corrected chi connectivity index (χ1v) is 15.4. The lowest BCUT2D eigenvalue weighted by molar-refractivity contribution is -0.148. The van der Waals surface area contributed by atoms with Gasteiger partial charge in [0.2, 0.25) is 5.79 Å². The SMILES string of the molecule is CC(/C=C\[C@@H](C)[C@H](C)O)[C@H]1OC(C)(C)O[C@H]1C/C=C/c1cc(N(C(=O)OC(C)(C)C)C2CC2)cc2c1C(=O)OC(C)(C)O2. The van der Waals surface area contributed by atoms with Crippen molar-refractivity contribution in [2.75, 3.05) is 4.90 Å². The summed E-state index contributed by atoms with van der Waals surface area (Å²) < 4.78 is 29.9. The highest BCUT2D eigenvalue weighted by molar-refractivity contribution is 6.00. The van der Waals surface area contributed by atoms with E-state index in [1.54, 1.807) is 31.7 Å². The summed E-state index contributed by atoms with van der Waals surface area (Å²) in [5, 5.41) is 9.87. The third-order valence-electron chi connectivity index (χ3n) is 7.68. The summed E-state index contributed by atoms with van der Waals surface area (Å²) in [6, 6.07) is 3.56. The quantitative estimate of drug-likeness (QED) is 0.239. The number of hydrogen-bond acceptors (Lipinski definition) is 8. The number of cyclic esters (lactones) is 1. The molecule has 1 saturated heterocycles. The molecule has 3 aliphatic rings. The van der Waals surface area contributed by atoms with Crippen LogP contribution in [0.15, 0.2) is 30.4 Å². The van der Waals surface area contributed by atoms with Crippen LogP contribution in [0.3, 0.4) is 0 Å². The molecule has 0 spiro atoms. The van der Waals surface area contributed by atoms with Gasteiger partial charge in [0.05, 0.1) is 24.0 Å². The normalized spacial score (nSPS) is 25.1. The van der Waals surface area contributed by atoms with E-state index in [1.165, 1.54) is 0 Å². The van der Waals surface area contributed by atoms with Gasteiger partial charge in [-0.3, -0.25) is 4.90 Å². The fourth-order valence-electron chi connectivity index (χ4n) is 5.30. The summed E-state index contributed by atoms with van der Waals surface area (Å²) in [6.07, 6.45) is 8.85. The number of ether oxygens (including phenoxy) is 5. The molecule has 0 bridgehead atoms. The lowest BCUT2D eigenvalue weighted by Crippen LogP contribution is -2.40. The predicted molar refractivity (Wildman–Crippen MR) is 165 cm³/mol. The maximum absolute atomic E-state index is 13.3. The molecule has 1 amide bonds. The average molecular weight is 600 g/mol. The van der Waals surface area contributed by atoms with E-state index < -0.39 is 35.3 Å². The topological polar surface area (TPSA) is 104 Å². The summed E-state index contributed by atoms with van der Waals surface area (Å²) in [5.41, 5.74) is 0.836.